The summed E-state index contributed by atoms with van der Waals surface area (Å²) in [6.45, 7) is 17.1. The van der Waals surface area contributed by atoms with Crippen molar-refractivity contribution < 1.29 is 0 Å². The summed E-state index contributed by atoms with van der Waals surface area (Å²) in [6, 6.07) is 0. The van der Waals surface area contributed by atoms with Gasteiger partial charge in [-0.25, -0.2) is 0 Å². The third kappa shape index (κ3) is 8.40. The number of guanidine groups is 1. The molecule has 0 aromatic carbocycles. The Morgan fingerprint density at radius 3 is 2.91 bits per heavy atom. The van der Waals surface area contributed by atoms with Crippen molar-refractivity contribution in [2.75, 3.05) is 46.3 Å². The van der Waals surface area contributed by atoms with Gasteiger partial charge in [0.05, 0.1) is 0 Å². The first-order valence-corrected chi connectivity index (χ1v) is 9.39. The van der Waals surface area contributed by atoms with E-state index in [0.717, 1.165) is 44.4 Å². The van der Waals surface area contributed by atoms with Crippen LogP contribution in [0.4, 0.5) is 0 Å². The number of aliphatic imine (C=N–C) groups is 1. The average Bonchev–Trinajstić information content (AvgIpc) is 2.51. The van der Waals surface area contributed by atoms with E-state index in [-0.39, 0.29) is 0 Å². The molecule has 1 N–H and O–H groups in total. The van der Waals surface area contributed by atoms with Crippen molar-refractivity contribution >= 4 is 5.96 Å². The largest absolute Gasteiger partial charge is 0.357 e. The third-order valence-corrected chi connectivity index (χ3v) is 4.32. The summed E-state index contributed by atoms with van der Waals surface area (Å²) in [6.07, 6.45) is 6.83. The van der Waals surface area contributed by atoms with Crippen molar-refractivity contribution in [1.29, 1.82) is 0 Å². The predicted molar refractivity (Wildman–Crippen MR) is 102 cm³/mol. The van der Waals surface area contributed by atoms with E-state index < -0.39 is 0 Å². The van der Waals surface area contributed by atoms with Gasteiger partial charge in [-0.05, 0) is 51.0 Å². The molecule has 23 heavy (non-hydrogen) atoms. The van der Waals surface area contributed by atoms with E-state index in [1.54, 1.807) is 0 Å². The second-order valence-corrected chi connectivity index (χ2v) is 7.21. The molecule has 1 aliphatic rings. The Labute approximate surface area is 144 Å². The number of nitrogens with one attached hydrogen (secondary N) is 1. The second kappa shape index (κ2) is 11.5. The van der Waals surface area contributed by atoms with E-state index >= 15 is 0 Å². The molecule has 134 valence electrons. The molecule has 0 aliphatic carbocycles. The topological polar surface area (TPSA) is 30.9 Å². The molecule has 1 rings (SSSR count). The minimum atomic E-state index is 0.706. The van der Waals surface area contributed by atoms with Crippen LogP contribution in [0, 0.1) is 11.8 Å². The van der Waals surface area contributed by atoms with Gasteiger partial charge in [0.2, 0.25) is 0 Å². The minimum absolute atomic E-state index is 0.706. The molecule has 4 heteroatoms. The summed E-state index contributed by atoms with van der Waals surface area (Å²) >= 11 is 0. The van der Waals surface area contributed by atoms with Crippen LogP contribution in [0.25, 0.3) is 0 Å². The number of likely N-dealkylation sites (tertiary alicyclic amines) is 1. The molecule has 1 aliphatic heterocycles. The predicted octanol–water partition coefficient (Wildman–Crippen LogP) is 3.22. The zero-order valence-electron chi connectivity index (χ0n) is 15.9. The van der Waals surface area contributed by atoms with Gasteiger partial charge in [-0.3, -0.25) is 4.99 Å². The van der Waals surface area contributed by atoms with Gasteiger partial charge in [-0.15, -0.1) is 6.58 Å². The summed E-state index contributed by atoms with van der Waals surface area (Å²) in [5.41, 5.74) is 0. The van der Waals surface area contributed by atoms with Crippen molar-refractivity contribution in [3.05, 3.63) is 12.7 Å². The van der Waals surface area contributed by atoms with Crippen molar-refractivity contribution in [2.24, 2.45) is 16.8 Å². The molecule has 4 nitrogen and oxygen atoms in total. The Bertz CT molecular complexity index is 351. The first kappa shape index (κ1) is 20.0. The molecule has 0 bridgehead atoms. The van der Waals surface area contributed by atoms with E-state index in [1.165, 1.54) is 32.5 Å². The summed E-state index contributed by atoms with van der Waals surface area (Å²) in [7, 11) is 2.14. The highest BCUT2D eigenvalue weighted by Crippen LogP contribution is 2.18. The van der Waals surface area contributed by atoms with Crippen molar-refractivity contribution in [3.8, 4) is 0 Å². The molecule has 1 atom stereocenters. The van der Waals surface area contributed by atoms with Crippen LogP contribution in [-0.4, -0.2) is 62.1 Å². The fourth-order valence-corrected chi connectivity index (χ4v) is 3.25. The molecule has 1 saturated heterocycles. The van der Waals surface area contributed by atoms with Crippen molar-refractivity contribution in [1.82, 2.24) is 15.1 Å². The minimum Gasteiger partial charge on any atom is -0.357 e. The Kier molecular flexibility index (Phi) is 10.0. The van der Waals surface area contributed by atoms with Gasteiger partial charge in [0, 0.05) is 39.8 Å². The molecule has 0 radical (unpaired) electrons. The van der Waals surface area contributed by atoms with Gasteiger partial charge < -0.3 is 15.1 Å². The van der Waals surface area contributed by atoms with Gasteiger partial charge >= 0.3 is 0 Å². The lowest BCUT2D eigenvalue weighted by molar-refractivity contribution is 0.162. The van der Waals surface area contributed by atoms with E-state index in [1.807, 2.05) is 6.08 Å². The quantitative estimate of drug-likeness (QED) is 0.306. The van der Waals surface area contributed by atoms with Crippen LogP contribution < -0.4 is 5.32 Å². The zero-order valence-corrected chi connectivity index (χ0v) is 15.9. The van der Waals surface area contributed by atoms with Gasteiger partial charge in [0.1, 0.15) is 0 Å². The smallest absolute Gasteiger partial charge is 0.193 e. The van der Waals surface area contributed by atoms with Crippen molar-refractivity contribution in [3.63, 3.8) is 0 Å². The summed E-state index contributed by atoms with van der Waals surface area (Å²) in [5.74, 6) is 2.51. The molecule has 0 saturated carbocycles. The van der Waals surface area contributed by atoms with Crippen LogP contribution in [0.1, 0.15) is 46.5 Å². The maximum absolute atomic E-state index is 4.91. The lowest BCUT2D eigenvalue weighted by Gasteiger charge is -2.33. The maximum Gasteiger partial charge on any atom is 0.193 e. The van der Waals surface area contributed by atoms with Gasteiger partial charge in [0.15, 0.2) is 5.96 Å². The molecule has 1 unspecified atom stereocenters. The Morgan fingerprint density at radius 2 is 2.26 bits per heavy atom. The van der Waals surface area contributed by atoms with Gasteiger partial charge in [-0.1, -0.05) is 19.9 Å². The number of rotatable bonds is 9. The number of hydrogen-bond donors (Lipinski definition) is 1. The van der Waals surface area contributed by atoms with E-state index in [2.05, 4.69) is 49.5 Å². The first-order valence-electron chi connectivity index (χ1n) is 9.39. The number of hydrogen-bond acceptors (Lipinski definition) is 2. The van der Waals surface area contributed by atoms with E-state index in [4.69, 9.17) is 4.99 Å². The fourth-order valence-electron chi connectivity index (χ4n) is 3.25. The normalized spacial score (nSPS) is 19.9. The highest BCUT2D eigenvalue weighted by molar-refractivity contribution is 5.79. The van der Waals surface area contributed by atoms with E-state index in [9.17, 15) is 0 Å². The molecule has 0 spiro atoms. The monoisotopic (exact) mass is 322 g/mol. The molecule has 0 amide bonds. The molecular weight excluding hydrogens is 284 g/mol. The highest BCUT2D eigenvalue weighted by Gasteiger charge is 2.20. The van der Waals surface area contributed by atoms with Crippen molar-refractivity contribution in [2.45, 2.75) is 46.5 Å². The summed E-state index contributed by atoms with van der Waals surface area (Å²) in [5, 5.41) is 3.43. The summed E-state index contributed by atoms with van der Waals surface area (Å²) < 4.78 is 0. The standard InChI is InChI=1S/C19H38N4/c1-6-8-9-12-22(5)19(20-7-2)21-14-18-11-10-13-23(16-18)15-17(3)4/h6,17-18H,1,7-16H2,2-5H3,(H,20,21). The lowest BCUT2D eigenvalue weighted by atomic mass is 9.97. The van der Waals surface area contributed by atoms with Gasteiger partial charge in [0.25, 0.3) is 0 Å². The Morgan fingerprint density at radius 1 is 1.48 bits per heavy atom. The van der Waals surface area contributed by atoms with Crippen LogP contribution in [0.3, 0.4) is 0 Å². The van der Waals surface area contributed by atoms with Crippen LogP contribution in [-0.2, 0) is 0 Å². The Balaban J connectivity index is 2.49. The first-order chi connectivity index (χ1) is 11.1. The molecule has 1 heterocycles. The third-order valence-electron chi connectivity index (χ3n) is 4.32. The van der Waals surface area contributed by atoms with E-state index in [0.29, 0.717) is 5.92 Å². The highest BCUT2D eigenvalue weighted by atomic mass is 15.3. The van der Waals surface area contributed by atoms with Crippen LogP contribution in [0.2, 0.25) is 0 Å². The Hall–Kier alpha value is -1.03. The fraction of sp³-hybridized carbons (Fsp3) is 0.842. The second-order valence-electron chi connectivity index (χ2n) is 7.21. The number of piperidine rings is 1. The van der Waals surface area contributed by atoms with Crippen LogP contribution >= 0.6 is 0 Å². The lowest BCUT2D eigenvalue weighted by Crippen LogP contribution is -2.41. The summed E-state index contributed by atoms with van der Waals surface area (Å²) in [4.78, 5) is 9.78. The maximum atomic E-state index is 4.91. The van der Waals surface area contributed by atoms with Gasteiger partial charge in [-0.2, -0.15) is 0 Å². The number of unbranched alkanes of at least 4 members (excludes halogenated alkanes) is 1. The number of allylic oxidation sites excluding steroid dienone is 1. The molecule has 0 aromatic rings. The molecule has 0 aromatic heterocycles. The van der Waals surface area contributed by atoms with Crippen LogP contribution in [0.15, 0.2) is 17.6 Å². The zero-order chi connectivity index (χ0) is 17.1. The molecule has 1 fully saturated rings. The SMILES string of the molecule is C=CCCCN(C)C(=NCC1CCCN(CC(C)C)C1)NCC. The number of nitrogens with zero attached hydrogens (tertiary/aromatic N) is 3. The van der Waals surface area contributed by atoms with Crippen LogP contribution in [0.5, 0.6) is 0 Å². The average molecular weight is 323 g/mol. The molecular formula is C19H38N4.